The summed E-state index contributed by atoms with van der Waals surface area (Å²) in [5.41, 5.74) is 0.426. The molecule has 5 saturated carbocycles. The van der Waals surface area contributed by atoms with Crippen LogP contribution in [0.1, 0.15) is 58.3 Å². The van der Waals surface area contributed by atoms with Gasteiger partial charge in [-0.15, -0.1) is 0 Å². The fraction of sp³-hybridized carbons (Fsp3) is 0.938. The third-order valence-electron chi connectivity index (χ3n) is 6.03. The van der Waals surface area contributed by atoms with E-state index in [0.29, 0.717) is 11.6 Å². The van der Waals surface area contributed by atoms with Crippen molar-refractivity contribution in [1.29, 1.82) is 0 Å². The SMILES string of the molecule is C[C@H]([NH2+]C12CC3CC(CC(C3)C1)C2)C(=O)NC1CC1. The average molecular weight is 263 g/mol. The number of hydrogen-bond acceptors (Lipinski definition) is 1. The van der Waals surface area contributed by atoms with Crippen molar-refractivity contribution in [3.8, 4) is 0 Å². The van der Waals surface area contributed by atoms with Crippen molar-refractivity contribution < 1.29 is 10.1 Å². The Morgan fingerprint density at radius 1 is 1.11 bits per heavy atom. The van der Waals surface area contributed by atoms with Gasteiger partial charge in [0, 0.05) is 25.3 Å². The van der Waals surface area contributed by atoms with E-state index in [4.69, 9.17) is 0 Å². The van der Waals surface area contributed by atoms with Gasteiger partial charge in [-0.2, -0.15) is 0 Å². The molecule has 5 rings (SSSR count). The summed E-state index contributed by atoms with van der Waals surface area (Å²) in [6, 6.07) is 0.608. The monoisotopic (exact) mass is 263 g/mol. The van der Waals surface area contributed by atoms with Crippen LogP contribution >= 0.6 is 0 Å². The predicted molar refractivity (Wildman–Crippen MR) is 73.5 cm³/mol. The van der Waals surface area contributed by atoms with Gasteiger partial charge in [-0.3, -0.25) is 4.79 Å². The fourth-order valence-corrected chi connectivity index (χ4v) is 5.55. The maximum atomic E-state index is 12.2. The van der Waals surface area contributed by atoms with Crippen molar-refractivity contribution in [1.82, 2.24) is 5.32 Å². The fourth-order valence-electron chi connectivity index (χ4n) is 5.55. The van der Waals surface area contributed by atoms with Crippen LogP contribution in [0.5, 0.6) is 0 Å². The van der Waals surface area contributed by atoms with Crippen molar-refractivity contribution in [3.05, 3.63) is 0 Å². The topological polar surface area (TPSA) is 45.7 Å². The Morgan fingerprint density at radius 2 is 1.63 bits per heavy atom. The van der Waals surface area contributed by atoms with Gasteiger partial charge in [0.25, 0.3) is 5.91 Å². The number of carbonyl (C=O) groups excluding carboxylic acids is 1. The Hall–Kier alpha value is -0.570. The zero-order chi connectivity index (χ0) is 13.0. The molecule has 0 heterocycles. The lowest BCUT2D eigenvalue weighted by Gasteiger charge is -2.55. The second-order valence-corrected chi connectivity index (χ2v) is 8.02. The first-order valence-electron chi connectivity index (χ1n) is 8.28. The number of rotatable bonds is 4. The first-order chi connectivity index (χ1) is 9.12. The molecule has 106 valence electrons. The van der Waals surface area contributed by atoms with Crippen LogP contribution in [0.3, 0.4) is 0 Å². The van der Waals surface area contributed by atoms with Gasteiger partial charge in [-0.05, 0) is 56.8 Å². The summed E-state index contributed by atoms with van der Waals surface area (Å²) in [5, 5.41) is 5.62. The summed E-state index contributed by atoms with van der Waals surface area (Å²) in [6.07, 6.45) is 11.0. The first-order valence-corrected chi connectivity index (χ1v) is 8.28. The van der Waals surface area contributed by atoms with Gasteiger partial charge in [0.15, 0.2) is 6.04 Å². The van der Waals surface area contributed by atoms with Gasteiger partial charge in [-0.25, -0.2) is 0 Å². The number of amides is 1. The van der Waals surface area contributed by atoms with Crippen LogP contribution in [0.4, 0.5) is 0 Å². The minimum absolute atomic E-state index is 0.108. The molecule has 5 aliphatic carbocycles. The quantitative estimate of drug-likeness (QED) is 0.786. The normalized spacial score (nSPS) is 45.2. The van der Waals surface area contributed by atoms with E-state index < -0.39 is 0 Å². The molecule has 1 amide bonds. The molecule has 0 aromatic rings. The molecular weight excluding hydrogens is 236 g/mol. The summed E-state index contributed by atoms with van der Waals surface area (Å²) in [7, 11) is 0. The van der Waals surface area contributed by atoms with E-state index in [1.165, 1.54) is 51.4 Å². The van der Waals surface area contributed by atoms with Crippen LogP contribution < -0.4 is 10.6 Å². The third-order valence-corrected chi connectivity index (χ3v) is 6.03. The Labute approximate surface area is 115 Å². The minimum atomic E-state index is 0.108. The molecule has 1 atom stereocenters. The molecule has 3 N–H and O–H groups in total. The highest BCUT2D eigenvalue weighted by molar-refractivity contribution is 5.80. The van der Waals surface area contributed by atoms with E-state index in [9.17, 15) is 4.79 Å². The highest BCUT2D eigenvalue weighted by Gasteiger charge is 2.54. The van der Waals surface area contributed by atoms with Crippen LogP contribution in [0.2, 0.25) is 0 Å². The zero-order valence-electron chi connectivity index (χ0n) is 12.0. The third kappa shape index (κ3) is 2.31. The number of nitrogens with two attached hydrogens (primary N) is 1. The lowest BCUT2D eigenvalue weighted by atomic mass is 9.53. The highest BCUT2D eigenvalue weighted by atomic mass is 16.2. The van der Waals surface area contributed by atoms with E-state index in [0.717, 1.165) is 17.8 Å². The van der Waals surface area contributed by atoms with Crippen molar-refractivity contribution in [2.45, 2.75) is 75.9 Å². The Balaban J connectivity index is 1.42. The molecule has 0 aromatic carbocycles. The summed E-state index contributed by atoms with van der Waals surface area (Å²) in [5.74, 6) is 3.20. The van der Waals surface area contributed by atoms with Gasteiger partial charge in [-0.1, -0.05) is 0 Å². The first kappa shape index (κ1) is 12.2. The van der Waals surface area contributed by atoms with Crippen molar-refractivity contribution >= 4 is 5.91 Å². The second kappa shape index (κ2) is 4.21. The van der Waals surface area contributed by atoms with Crippen LogP contribution in [0, 0.1) is 17.8 Å². The predicted octanol–water partition coefficient (Wildman–Crippen LogP) is 1.19. The lowest BCUT2D eigenvalue weighted by Crippen LogP contribution is -3.03. The van der Waals surface area contributed by atoms with Gasteiger partial charge < -0.3 is 10.6 Å². The zero-order valence-corrected chi connectivity index (χ0v) is 12.0. The molecule has 5 fully saturated rings. The maximum absolute atomic E-state index is 12.2. The molecule has 0 spiro atoms. The summed E-state index contributed by atoms with van der Waals surface area (Å²) < 4.78 is 0. The van der Waals surface area contributed by atoms with Crippen LogP contribution in [-0.4, -0.2) is 23.5 Å². The highest BCUT2D eigenvalue weighted by Crippen LogP contribution is 2.54. The van der Waals surface area contributed by atoms with Crippen LogP contribution in [0.15, 0.2) is 0 Å². The molecule has 3 nitrogen and oxygen atoms in total. The van der Waals surface area contributed by atoms with Gasteiger partial charge in [0.1, 0.15) is 0 Å². The summed E-state index contributed by atoms with van der Waals surface area (Å²) in [4.78, 5) is 12.2. The average Bonchev–Trinajstić information content (AvgIpc) is 3.10. The van der Waals surface area contributed by atoms with E-state index >= 15 is 0 Å². The van der Waals surface area contributed by atoms with Crippen LogP contribution in [0.25, 0.3) is 0 Å². The molecule has 0 aromatic heterocycles. The largest absolute Gasteiger partial charge is 0.348 e. The molecule has 0 aliphatic heterocycles. The van der Waals surface area contributed by atoms with E-state index in [2.05, 4.69) is 17.6 Å². The molecule has 0 unspecified atom stereocenters. The molecule has 5 aliphatic rings. The molecule has 0 saturated heterocycles. The second-order valence-electron chi connectivity index (χ2n) is 8.02. The lowest BCUT2D eigenvalue weighted by molar-refractivity contribution is -0.754. The number of carbonyl (C=O) groups is 1. The number of hydrogen-bond donors (Lipinski definition) is 2. The molecule has 3 heteroatoms. The van der Waals surface area contributed by atoms with Gasteiger partial charge in [0.2, 0.25) is 0 Å². The van der Waals surface area contributed by atoms with Gasteiger partial charge in [0.05, 0.1) is 5.54 Å². The van der Waals surface area contributed by atoms with Crippen molar-refractivity contribution in [3.63, 3.8) is 0 Å². The van der Waals surface area contributed by atoms with Gasteiger partial charge >= 0.3 is 0 Å². The van der Waals surface area contributed by atoms with Crippen molar-refractivity contribution in [2.24, 2.45) is 17.8 Å². The summed E-state index contributed by atoms with van der Waals surface area (Å²) >= 11 is 0. The standard InChI is InChI=1S/C16H26N2O/c1-10(15(19)17-14-2-3-14)18-16-7-11-4-12(8-16)6-13(5-11)9-16/h10-14,18H,2-9H2,1H3,(H,17,19)/p+1/t10-,11?,12?,13?,16?/m0/s1. The minimum Gasteiger partial charge on any atom is -0.348 e. The van der Waals surface area contributed by atoms with E-state index in [1.807, 2.05) is 0 Å². The van der Waals surface area contributed by atoms with Crippen molar-refractivity contribution in [2.75, 3.05) is 0 Å². The molecule has 0 radical (unpaired) electrons. The molecule has 4 bridgehead atoms. The number of quaternary nitrogens is 1. The maximum Gasteiger partial charge on any atom is 0.278 e. The van der Waals surface area contributed by atoms with Crippen LogP contribution in [-0.2, 0) is 4.79 Å². The molecular formula is C16H27N2O+. The smallest absolute Gasteiger partial charge is 0.278 e. The van der Waals surface area contributed by atoms with E-state index in [-0.39, 0.29) is 11.9 Å². The Morgan fingerprint density at radius 3 is 2.11 bits per heavy atom. The number of nitrogens with one attached hydrogen (secondary N) is 1. The summed E-state index contributed by atoms with van der Waals surface area (Å²) in [6.45, 7) is 2.11. The Kier molecular flexibility index (Phi) is 2.70. The Bertz CT molecular complexity index is 353. The molecule has 19 heavy (non-hydrogen) atoms. The van der Waals surface area contributed by atoms with E-state index in [1.54, 1.807) is 0 Å².